The number of benzene rings is 2. The number of Topliss-reactive ketones (excluding diaryl/α,β-unsaturated/α-hetero) is 1. The molecular weight excluding hydrogens is 456 g/mol. The molecule has 5 atom stereocenters. The zero-order chi connectivity index (χ0) is 24.7. The SMILES string of the molecule is O=C1C([O-])C(c2cc3c4c(c2O)CCC[NH+]4CCC3)C([O-])C1c1cc2c3c(c1O)CCCN3CCC2. The van der Waals surface area contributed by atoms with Crippen molar-refractivity contribution in [1.82, 2.24) is 0 Å². The molecule has 1 saturated carbocycles. The highest BCUT2D eigenvalue weighted by Gasteiger charge is 2.44. The van der Waals surface area contributed by atoms with Gasteiger partial charge < -0.3 is 35.0 Å². The van der Waals surface area contributed by atoms with Crippen molar-refractivity contribution in [1.29, 1.82) is 0 Å². The largest absolute Gasteiger partial charge is 0.851 e. The van der Waals surface area contributed by atoms with Crippen LogP contribution in [0.25, 0.3) is 0 Å². The number of rotatable bonds is 2. The Morgan fingerprint density at radius 1 is 0.833 bits per heavy atom. The first kappa shape index (κ1) is 22.6. The van der Waals surface area contributed by atoms with Crippen molar-refractivity contribution in [3.05, 3.63) is 45.5 Å². The lowest BCUT2D eigenvalue weighted by Gasteiger charge is -2.39. The van der Waals surface area contributed by atoms with Gasteiger partial charge in [0.25, 0.3) is 0 Å². The first-order valence-electron chi connectivity index (χ1n) is 13.7. The number of carbonyl (C=O) groups excluding carboxylic acids is 1. The van der Waals surface area contributed by atoms with Gasteiger partial charge in [0.15, 0.2) is 0 Å². The zero-order valence-corrected chi connectivity index (χ0v) is 20.5. The number of phenolic OH excluding ortho intramolecular Hbond substituents is 2. The first-order chi connectivity index (χ1) is 17.5. The predicted molar refractivity (Wildman–Crippen MR) is 130 cm³/mol. The molecule has 1 fully saturated rings. The molecule has 0 radical (unpaired) electrons. The molecule has 1 aliphatic carbocycles. The van der Waals surface area contributed by atoms with E-state index in [9.17, 15) is 25.2 Å². The standard InChI is InChI=1S/C29H32N2O5/c32-25-17-7-3-11-30-9-1-5-15(23(17)30)13-19(25)21-27(34)22(29(36)28(21)35)20-14-16-6-2-10-31-12-4-8-18(24(16)31)26(20)33/h13-14,21-22,27-28,32-33H,1-12H2/q-2/p+1. The highest BCUT2D eigenvalue weighted by atomic mass is 16.3. The number of nitrogens with zero attached hydrogens (tertiary/aromatic N) is 1. The molecule has 2 aromatic carbocycles. The van der Waals surface area contributed by atoms with Crippen molar-refractivity contribution in [2.24, 2.45) is 0 Å². The molecule has 5 unspecified atom stereocenters. The summed E-state index contributed by atoms with van der Waals surface area (Å²) in [5.74, 6) is -2.90. The Morgan fingerprint density at radius 3 is 2.28 bits per heavy atom. The average molecular weight is 490 g/mol. The molecule has 190 valence electrons. The highest BCUT2D eigenvalue weighted by molar-refractivity contribution is 5.95. The first-order valence-corrected chi connectivity index (χ1v) is 13.7. The third kappa shape index (κ3) is 3.06. The van der Waals surface area contributed by atoms with Crippen LogP contribution in [0.2, 0.25) is 0 Å². The summed E-state index contributed by atoms with van der Waals surface area (Å²) in [6.45, 7) is 3.98. The van der Waals surface area contributed by atoms with Gasteiger partial charge in [-0.1, -0.05) is 6.10 Å². The van der Waals surface area contributed by atoms with E-state index in [-0.39, 0.29) is 11.5 Å². The van der Waals surface area contributed by atoms with Gasteiger partial charge in [-0.2, -0.15) is 0 Å². The predicted octanol–water partition coefficient (Wildman–Crippen LogP) is 0.113. The topological polar surface area (TPSA) is 111 Å². The normalized spacial score (nSPS) is 30.8. The van der Waals surface area contributed by atoms with Crippen LogP contribution in [0.4, 0.5) is 11.4 Å². The summed E-state index contributed by atoms with van der Waals surface area (Å²) < 4.78 is 0. The van der Waals surface area contributed by atoms with Crippen molar-refractivity contribution < 1.29 is 30.1 Å². The summed E-state index contributed by atoms with van der Waals surface area (Å²) in [6.07, 6.45) is 3.76. The Bertz CT molecular complexity index is 1270. The Balaban J connectivity index is 1.33. The molecule has 7 rings (SSSR count). The number of ketones is 1. The number of hydrogen-bond acceptors (Lipinski definition) is 6. The summed E-state index contributed by atoms with van der Waals surface area (Å²) in [4.78, 5) is 17.1. The maximum Gasteiger partial charge on any atom is 0.141 e. The third-order valence-corrected chi connectivity index (χ3v) is 9.51. The molecule has 0 aromatic heterocycles. The van der Waals surface area contributed by atoms with E-state index in [1.807, 2.05) is 12.1 Å². The molecular formula is C29H33N2O5-. The van der Waals surface area contributed by atoms with Gasteiger partial charge in [-0.15, -0.1) is 6.10 Å². The molecule has 0 bridgehead atoms. The van der Waals surface area contributed by atoms with Crippen LogP contribution < -0.4 is 20.0 Å². The van der Waals surface area contributed by atoms with Crippen molar-refractivity contribution in [3.63, 3.8) is 0 Å². The van der Waals surface area contributed by atoms with E-state index in [1.54, 1.807) is 0 Å². The van der Waals surface area contributed by atoms with E-state index in [0.29, 0.717) is 17.5 Å². The number of aryl methyl sites for hydroxylation is 2. The summed E-state index contributed by atoms with van der Waals surface area (Å²) >= 11 is 0. The molecule has 4 aliphatic heterocycles. The van der Waals surface area contributed by atoms with Crippen LogP contribution in [0.3, 0.4) is 0 Å². The summed E-state index contributed by atoms with van der Waals surface area (Å²) in [7, 11) is 0. The number of nitrogens with one attached hydrogen (secondary N) is 1. The Hall–Kier alpha value is -2.61. The van der Waals surface area contributed by atoms with E-state index in [1.165, 1.54) is 4.90 Å². The van der Waals surface area contributed by atoms with Gasteiger partial charge in [0.05, 0.1) is 18.7 Å². The minimum absolute atomic E-state index is 0.0244. The fourth-order valence-corrected chi connectivity index (χ4v) is 7.97. The fraction of sp³-hybridized carbons (Fsp3) is 0.552. The second kappa shape index (κ2) is 8.20. The van der Waals surface area contributed by atoms with Crippen LogP contribution in [0.5, 0.6) is 11.5 Å². The second-order valence-corrected chi connectivity index (χ2v) is 11.4. The zero-order valence-electron chi connectivity index (χ0n) is 20.5. The molecule has 7 heteroatoms. The lowest BCUT2D eigenvalue weighted by atomic mass is 9.81. The van der Waals surface area contributed by atoms with E-state index >= 15 is 0 Å². The molecule has 3 N–H and O–H groups in total. The minimum Gasteiger partial charge on any atom is -0.851 e. The quantitative estimate of drug-likeness (QED) is 0.553. The number of anilines is 1. The van der Waals surface area contributed by atoms with Gasteiger partial charge in [-0.3, -0.25) is 0 Å². The number of hydrogen-bond donors (Lipinski definition) is 3. The average Bonchev–Trinajstić information content (AvgIpc) is 3.11. The van der Waals surface area contributed by atoms with Gasteiger partial charge in [0, 0.05) is 54.2 Å². The molecule has 5 aliphatic rings. The summed E-state index contributed by atoms with van der Waals surface area (Å²) in [5, 5.41) is 50.0. The van der Waals surface area contributed by atoms with Crippen LogP contribution in [0.15, 0.2) is 12.1 Å². The van der Waals surface area contributed by atoms with Crippen LogP contribution in [-0.2, 0) is 30.5 Å². The van der Waals surface area contributed by atoms with Gasteiger partial charge in [0.2, 0.25) is 0 Å². The van der Waals surface area contributed by atoms with Crippen molar-refractivity contribution in [2.45, 2.75) is 75.4 Å². The molecule has 36 heavy (non-hydrogen) atoms. The van der Waals surface area contributed by atoms with Crippen LogP contribution in [0.1, 0.15) is 70.9 Å². The molecule has 2 aromatic rings. The van der Waals surface area contributed by atoms with Gasteiger partial charge in [0.1, 0.15) is 23.0 Å². The van der Waals surface area contributed by atoms with Gasteiger partial charge in [-0.25, -0.2) is 0 Å². The minimum atomic E-state index is -1.74. The van der Waals surface area contributed by atoms with E-state index < -0.39 is 29.8 Å². The summed E-state index contributed by atoms with van der Waals surface area (Å²) in [5.41, 5.74) is 6.76. The van der Waals surface area contributed by atoms with Gasteiger partial charge >= 0.3 is 0 Å². The number of aromatic hydroxyl groups is 2. The smallest absolute Gasteiger partial charge is 0.141 e. The Kier molecular flexibility index (Phi) is 5.14. The maximum absolute atomic E-state index is 13.9. The lowest BCUT2D eigenvalue weighted by Crippen LogP contribution is -3.09. The molecule has 0 spiro atoms. The monoisotopic (exact) mass is 489 g/mol. The van der Waals surface area contributed by atoms with E-state index in [4.69, 9.17) is 0 Å². The molecule has 7 nitrogen and oxygen atoms in total. The van der Waals surface area contributed by atoms with Crippen LogP contribution in [0, 0.1) is 0 Å². The van der Waals surface area contributed by atoms with Crippen molar-refractivity contribution in [2.75, 3.05) is 31.1 Å². The molecule has 4 heterocycles. The fourth-order valence-electron chi connectivity index (χ4n) is 7.97. The Labute approximate surface area is 211 Å². The second-order valence-electron chi connectivity index (χ2n) is 11.4. The molecule has 0 saturated heterocycles. The maximum atomic E-state index is 13.9. The van der Waals surface area contributed by atoms with Crippen LogP contribution in [-0.4, -0.2) is 54.4 Å². The van der Waals surface area contributed by atoms with Crippen molar-refractivity contribution >= 4 is 17.2 Å². The number of carbonyl (C=O) groups is 1. The van der Waals surface area contributed by atoms with Crippen molar-refractivity contribution in [3.8, 4) is 11.5 Å². The van der Waals surface area contributed by atoms with Crippen LogP contribution >= 0.6 is 0 Å². The van der Waals surface area contributed by atoms with Gasteiger partial charge in [-0.05, 0) is 67.7 Å². The highest BCUT2D eigenvalue weighted by Crippen LogP contribution is 2.50. The summed E-state index contributed by atoms with van der Waals surface area (Å²) in [6, 6.07) is 3.68. The van der Waals surface area contributed by atoms with E-state index in [0.717, 1.165) is 105 Å². The third-order valence-electron chi connectivity index (χ3n) is 9.51. The molecule has 0 amide bonds. The Morgan fingerprint density at radius 2 is 1.47 bits per heavy atom. The lowest BCUT2D eigenvalue weighted by molar-refractivity contribution is -0.838. The number of phenols is 2. The number of quaternary nitrogens is 1. The van der Waals surface area contributed by atoms with E-state index in [2.05, 4.69) is 4.90 Å².